The van der Waals surface area contributed by atoms with Crippen molar-refractivity contribution in [2.45, 2.75) is 39.0 Å². The SMILES string of the molecule is CC(C)N1C(=O)N(Cc2nc[nH]c(=O)c2O)CC1c1ccc(C#Cc2ccc(CN3CC(C(N)=O)C3)nc2)cc1. The number of hydrogen-bond donors (Lipinski definition) is 3. The van der Waals surface area contributed by atoms with Gasteiger partial charge in [-0.1, -0.05) is 24.0 Å². The van der Waals surface area contributed by atoms with E-state index >= 15 is 0 Å². The van der Waals surface area contributed by atoms with Crippen LogP contribution in [0.1, 0.15) is 48.0 Å². The first-order chi connectivity index (χ1) is 19.2. The summed E-state index contributed by atoms with van der Waals surface area (Å²) < 4.78 is 0. The lowest BCUT2D eigenvalue weighted by Gasteiger charge is -2.36. The zero-order valence-corrected chi connectivity index (χ0v) is 22.4. The molecule has 11 nitrogen and oxygen atoms in total. The van der Waals surface area contributed by atoms with Gasteiger partial charge in [0.2, 0.25) is 11.7 Å². The molecule has 5 rings (SSSR count). The number of urea groups is 1. The Morgan fingerprint density at radius 3 is 2.40 bits per heavy atom. The van der Waals surface area contributed by atoms with Gasteiger partial charge >= 0.3 is 6.03 Å². The molecular weight excluding hydrogens is 510 g/mol. The number of aromatic nitrogens is 3. The third-order valence-corrected chi connectivity index (χ3v) is 7.24. The van der Waals surface area contributed by atoms with Gasteiger partial charge in [-0.25, -0.2) is 9.78 Å². The first kappa shape index (κ1) is 26.9. The molecule has 1 unspecified atom stereocenters. The van der Waals surface area contributed by atoms with Crippen LogP contribution < -0.4 is 11.3 Å². The van der Waals surface area contributed by atoms with Crippen molar-refractivity contribution in [1.29, 1.82) is 0 Å². The Morgan fingerprint density at radius 1 is 1.05 bits per heavy atom. The molecule has 3 aromatic rings. The van der Waals surface area contributed by atoms with E-state index in [1.54, 1.807) is 16.0 Å². The third-order valence-electron chi connectivity index (χ3n) is 7.24. The standard InChI is InChI=1S/C29H31N7O4/c1-18(2)36-25(16-35(29(36)40)15-24-26(37)28(39)33-17-32-24)21-8-5-19(6-9-21)3-4-20-7-10-23(31-11-20)14-34-12-22(13-34)27(30)38/h5-11,17-18,22,25,37H,12-16H2,1-2H3,(H2,30,38)(H,32,33,39). The zero-order valence-electron chi connectivity index (χ0n) is 22.4. The number of H-pyrrole nitrogens is 1. The van der Waals surface area contributed by atoms with Crippen molar-refractivity contribution in [1.82, 2.24) is 29.7 Å². The fraction of sp³-hybridized carbons (Fsp3) is 0.345. The van der Waals surface area contributed by atoms with Crippen molar-refractivity contribution in [3.63, 3.8) is 0 Å². The molecule has 2 aromatic heterocycles. The number of nitrogens with two attached hydrogens (primary N) is 1. The van der Waals surface area contributed by atoms with Crippen molar-refractivity contribution >= 4 is 11.9 Å². The number of nitrogens with one attached hydrogen (secondary N) is 1. The van der Waals surface area contributed by atoms with Gasteiger partial charge in [0, 0.05) is 49.5 Å². The summed E-state index contributed by atoms with van der Waals surface area (Å²) in [6, 6.07) is 11.2. The maximum atomic E-state index is 13.2. The van der Waals surface area contributed by atoms with Crippen molar-refractivity contribution < 1.29 is 14.7 Å². The number of likely N-dealkylation sites (tertiary alicyclic amines) is 1. The Hall–Kier alpha value is -4.69. The molecule has 2 aliphatic rings. The fourth-order valence-electron chi connectivity index (χ4n) is 5.01. The Kier molecular flexibility index (Phi) is 7.53. The van der Waals surface area contributed by atoms with Crippen LogP contribution in [-0.4, -0.2) is 72.4 Å². The Balaban J connectivity index is 1.23. The number of carbonyl (C=O) groups is 2. The van der Waals surface area contributed by atoms with E-state index in [4.69, 9.17) is 5.73 Å². The maximum Gasteiger partial charge on any atom is 0.321 e. The van der Waals surface area contributed by atoms with Crippen LogP contribution in [0.25, 0.3) is 0 Å². The second-order valence-electron chi connectivity index (χ2n) is 10.4. The van der Waals surface area contributed by atoms with Gasteiger partial charge in [-0.15, -0.1) is 0 Å². The molecule has 1 atom stereocenters. The molecule has 0 spiro atoms. The highest BCUT2D eigenvalue weighted by Gasteiger charge is 2.40. The van der Waals surface area contributed by atoms with E-state index in [-0.39, 0.29) is 42.2 Å². The van der Waals surface area contributed by atoms with Gasteiger partial charge < -0.3 is 25.6 Å². The normalized spacial score (nSPS) is 17.6. The monoisotopic (exact) mass is 541 g/mol. The number of aromatic hydroxyl groups is 1. The Morgan fingerprint density at radius 2 is 1.75 bits per heavy atom. The lowest BCUT2D eigenvalue weighted by molar-refractivity contribution is -0.127. The quantitative estimate of drug-likeness (QED) is 0.385. The predicted molar refractivity (Wildman–Crippen MR) is 147 cm³/mol. The minimum absolute atomic E-state index is 0.0383. The first-order valence-corrected chi connectivity index (χ1v) is 13.1. The number of rotatable bonds is 7. The fourth-order valence-corrected chi connectivity index (χ4v) is 5.01. The molecule has 1 aromatic carbocycles. The highest BCUT2D eigenvalue weighted by atomic mass is 16.3. The van der Waals surface area contributed by atoms with Gasteiger partial charge in [-0.05, 0) is 43.7 Å². The summed E-state index contributed by atoms with van der Waals surface area (Å²) in [5.74, 6) is 5.51. The predicted octanol–water partition coefficient (Wildman–Crippen LogP) is 1.57. The summed E-state index contributed by atoms with van der Waals surface area (Å²) in [5, 5.41) is 10.1. The molecule has 11 heteroatoms. The van der Waals surface area contributed by atoms with Crippen LogP contribution in [0.15, 0.2) is 53.7 Å². The van der Waals surface area contributed by atoms with Crippen LogP contribution in [0.4, 0.5) is 4.79 Å². The second kappa shape index (κ2) is 11.2. The number of primary amides is 1. The maximum absolute atomic E-state index is 13.2. The first-order valence-electron chi connectivity index (χ1n) is 13.1. The van der Waals surface area contributed by atoms with E-state index in [1.165, 1.54) is 6.33 Å². The molecule has 2 aliphatic heterocycles. The highest BCUT2D eigenvalue weighted by Crippen LogP contribution is 2.33. The van der Waals surface area contributed by atoms with E-state index in [0.717, 1.165) is 22.4 Å². The van der Waals surface area contributed by atoms with Crippen LogP contribution in [0.2, 0.25) is 0 Å². The molecule has 40 heavy (non-hydrogen) atoms. The van der Waals surface area contributed by atoms with Gasteiger partial charge in [0.05, 0.1) is 30.5 Å². The molecule has 0 saturated carbocycles. The van der Waals surface area contributed by atoms with Crippen molar-refractivity contribution in [2.75, 3.05) is 19.6 Å². The average Bonchev–Trinajstić information content (AvgIpc) is 3.24. The van der Waals surface area contributed by atoms with E-state index in [2.05, 4.69) is 31.7 Å². The van der Waals surface area contributed by atoms with Gasteiger partial charge in [-0.3, -0.25) is 19.5 Å². The summed E-state index contributed by atoms with van der Waals surface area (Å²) in [6.45, 7) is 6.37. The summed E-state index contributed by atoms with van der Waals surface area (Å²) in [6.07, 6.45) is 2.96. The minimum Gasteiger partial charge on any atom is -0.502 e. The topological polar surface area (TPSA) is 149 Å². The van der Waals surface area contributed by atoms with Crippen LogP contribution in [-0.2, 0) is 17.9 Å². The molecule has 0 bridgehead atoms. The number of amides is 3. The van der Waals surface area contributed by atoms with Gasteiger partial charge in [-0.2, -0.15) is 0 Å². The summed E-state index contributed by atoms with van der Waals surface area (Å²) in [7, 11) is 0. The van der Waals surface area contributed by atoms with Crippen molar-refractivity contribution in [3.8, 4) is 17.6 Å². The number of pyridine rings is 1. The molecule has 4 heterocycles. The van der Waals surface area contributed by atoms with E-state index < -0.39 is 11.3 Å². The number of hydrogen-bond acceptors (Lipinski definition) is 7. The summed E-state index contributed by atoms with van der Waals surface area (Å²) >= 11 is 0. The number of carbonyl (C=O) groups excluding carboxylic acids is 2. The van der Waals surface area contributed by atoms with Crippen LogP contribution >= 0.6 is 0 Å². The molecule has 0 aliphatic carbocycles. The van der Waals surface area contributed by atoms with Gasteiger partial charge in [0.15, 0.2) is 0 Å². The van der Waals surface area contributed by atoms with Crippen LogP contribution in [0.5, 0.6) is 5.75 Å². The van der Waals surface area contributed by atoms with Crippen molar-refractivity contribution in [2.24, 2.45) is 11.7 Å². The Bertz CT molecular complexity index is 1520. The van der Waals surface area contributed by atoms with Gasteiger partial charge in [0.25, 0.3) is 5.56 Å². The van der Waals surface area contributed by atoms with Crippen LogP contribution in [0, 0.1) is 17.8 Å². The summed E-state index contributed by atoms with van der Waals surface area (Å²) in [5.41, 5.74) is 8.36. The number of nitrogens with zero attached hydrogens (tertiary/aromatic N) is 5. The smallest absolute Gasteiger partial charge is 0.321 e. The molecular formula is C29H31N7O4. The number of aromatic amines is 1. The molecule has 4 N–H and O–H groups in total. The van der Waals surface area contributed by atoms with E-state index in [1.807, 2.05) is 50.2 Å². The lowest BCUT2D eigenvalue weighted by Crippen LogP contribution is -2.51. The minimum atomic E-state index is -0.635. The molecule has 2 fully saturated rings. The van der Waals surface area contributed by atoms with E-state index in [9.17, 15) is 19.5 Å². The highest BCUT2D eigenvalue weighted by molar-refractivity contribution is 5.78. The largest absolute Gasteiger partial charge is 0.502 e. The van der Waals surface area contributed by atoms with Crippen molar-refractivity contribution in [3.05, 3.63) is 87.4 Å². The molecule has 0 radical (unpaired) electrons. The lowest BCUT2D eigenvalue weighted by atomic mass is 9.99. The second-order valence-corrected chi connectivity index (χ2v) is 10.4. The molecule has 206 valence electrons. The molecule has 2 saturated heterocycles. The van der Waals surface area contributed by atoms with Crippen LogP contribution in [0.3, 0.4) is 0 Å². The molecule has 3 amide bonds. The Labute approximate surface area is 231 Å². The van der Waals surface area contributed by atoms with Gasteiger partial charge in [0.1, 0.15) is 5.69 Å². The summed E-state index contributed by atoms with van der Waals surface area (Å²) in [4.78, 5) is 52.5. The average molecular weight is 542 g/mol. The zero-order chi connectivity index (χ0) is 28.4. The van der Waals surface area contributed by atoms with E-state index in [0.29, 0.717) is 26.2 Å². The number of benzene rings is 1. The third kappa shape index (κ3) is 5.67.